The molecule has 0 bridgehead atoms. The lowest BCUT2D eigenvalue weighted by atomic mass is 9.81. The van der Waals surface area contributed by atoms with Crippen LogP contribution >= 0.6 is 0 Å². The number of hydrogen-bond donors (Lipinski definition) is 0. The maximum absolute atomic E-state index is 9.52. The van der Waals surface area contributed by atoms with Crippen molar-refractivity contribution in [3.63, 3.8) is 0 Å². The molecule has 1 aromatic heterocycles. The molecule has 0 unspecified atom stereocenters. The fourth-order valence-corrected chi connectivity index (χ4v) is 7.66. The molecule has 1 aliphatic rings. The third-order valence-electron chi connectivity index (χ3n) is 10.5. The van der Waals surface area contributed by atoms with Gasteiger partial charge in [0.1, 0.15) is 0 Å². The lowest BCUT2D eigenvalue weighted by Gasteiger charge is -2.21. The molecule has 0 fully saturated rings. The molecule has 8 aromatic rings. The molecule has 0 aliphatic heterocycles. The molecule has 0 radical (unpaired) electrons. The first-order valence-electron chi connectivity index (χ1n) is 18.0. The molecule has 0 amide bonds. The van der Waals surface area contributed by atoms with Gasteiger partial charge in [0.15, 0.2) is 5.82 Å². The molecule has 9 rings (SSSR count). The predicted molar refractivity (Wildman–Crippen MR) is 217 cm³/mol. The van der Waals surface area contributed by atoms with E-state index in [1.165, 1.54) is 38.9 Å². The van der Waals surface area contributed by atoms with Gasteiger partial charge in [0.25, 0.3) is 0 Å². The molecule has 0 atom stereocenters. The van der Waals surface area contributed by atoms with Crippen LogP contribution in [0.1, 0.15) is 30.5 Å². The molecule has 0 saturated carbocycles. The van der Waals surface area contributed by atoms with Gasteiger partial charge in [-0.1, -0.05) is 153 Å². The summed E-state index contributed by atoms with van der Waals surface area (Å²) in [6, 6.07) is 63.9. The van der Waals surface area contributed by atoms with Crippen LogP contribution in [0.15, 0.2) is 176 Å². The minimum Gasteiger partial charge on any atom is -0.228 e. The minimum atomic E-state index is -0.149. The van der Waals surface area contributed by atoms with E-state index in [2.05, 4.69) is 159 Å². The van der Waals surface area contributed by atoms with Gasteiger partial charge < -0.3 is 0 Å². The Labute approximate surface area is 310 Å². The maximum Gasteiger partial charge on any atom is 0.160 e. The number of nitriles is 1. The van der Waals surface area contributed by atoms with Crippen LogP contribution in [-0.4, -0.2) is 9.97 Å². The van der Waals surface area contributed by atoms with E-state index in [1.54, 1.807) is 0 Å². The van der Waals surface area contributed by atoms with Gasteiger partial charge in [-0.15, -0.1) is 0 Å². The molecule has 0 spiro atoms. The molecule has 0 N–H and O–H groups in total. The Morgan fingerprint density at radius 1 is 0.396 bits per heavy atom. The smallest absolute Gasteiger partial charge is 0.160 e. The number of nitrogens with zero attached hydrogens (tertiary/aromatic N) is 3. The summed E-state index contributed by atoms with van der Waals surface area (Å²) in [6.07, 6.45) is 0. The van der Waals surface area contributed by atoms with Crippen molar-refractivity contribution in [2.45, 2.75) is 19.3 Å². The van der Waals surface area contributed by atoms with Crippen molar-refractivity contribution in [1.29, 1.82) is 5.26 Å². The first-order chi connectivity index (χ1) is 25.9. The highest BCUT2D eigenvalue weighted by Crippen LogP contribution is 2.50. The van der Waals surface area contributed by atoms with E-state index in [9.17, 15) is 5.26 Å². The molecular weight excluding hydrogens is 643 g/mol. The van der Waals surface area contributed by atoms with Crippen LogP contribution in [0.2, 0.25) is 0 Å². The summed E-state index contributed by atoms with van der Waals surface area (Å²) in [5.74, 6) is 0.698. The summed E-state index contributed by atoms with van der Waals surface area (Å²) in [5.41, 5.74) is 17.3. The van der Waals surface area contributed by atoms with Crippen LogP contribution in [0.5, 0.6) is 0 Å². The zero-order chi connectivity index (χ0) is 35.9. The Bertz CT molecular complexity index is 2690. The predicted octanol–water partition coefficient (Wildman–Crippen LogP) is 12.7. The second-order valence-corrected chi connectivity index (χ2v) is 14.2. The van der Waals surface area contributed by atoms with Crippen LogP contribution in [0.4, 0.5) is 0 Å². The zero-order valence-corrected chi connectivity index (χ0v) is 29.6. The van der Waals surface area contributed by atoms with Crippen molar-refractivity contribution in [2.75, 3.05) is 0 Å². The fourth-order valence-electron chi connectivity index (χ4n) is 7.66. The summed E-state index contributed by atoms with van der Waals surface area (Å²) < 4.78 is 0. The normalized spacial score (nSPS) is 12.5. The second-order valence-electron chi connectivity index (χ2n) is 14.2. The summed E-state index contributed by atoms with van der Waals surface area (Å²) in [4.78, 5) is 10.2. The van der Waals surface area contributed by atoms with Crippen LogP contribution in [0.3, 0.4) is 0 Å². The van der Waals surface area contributed by atoms with Gasteiger partial charge in [0.2, 0.25) is 0 Å². The number of aromatic nitrogens is 2. The summed E-state index contributed by atoms with van der Waals surface area (Å²) >= 11 is 0. The van der Waals surface area contributed by atoms with Crippen LogP contribution in [0.25, 0.3) is 78.4 Å². The lowest BCUT2D eigenvalue weighted by molar-refractivity contribution is 0.660. The van der Waals surface area contributed by atoms with Gasteiger partial charge in [0, 0.05) is 22.1 Å². The van der Waals surface area contributed by atoms with E-state index in [0.29, 0.717) is 11.4 Å². The van der Waals surface area contributed by atoms with Crippen LogP contribution < -0.4 is 0 Å². The van der Waals surface area contributed by atoms with Gasteiger partial charge in [0.05, 0.1) is 23.0 Å². The largest absolute Gasteiger partial charge is 0.228 e. The summed E-state index contributed by atoms with van der Waals surface area (Å²) in [6.45, 7) is 4.49. The number of fused-ring (bicyclic) bond motifs is 3. The molecular formula is C50H35N3. The Kier molecular flexibility index (Phi) is 7.87. The number of hydrogen-bond acceptors (Lipinski definition) is 3. The van der Waals surface area contributed by atoms with Crippen LogP contribution in [-0.2, 0) is 5.41 Å². The van der Waals surface area contributed by atoms with Gasteiger partial charge in [-0.2, -0.15) is 5.26 Å². The highest BCUT2D eigenvalue weighted by molar-refractivity contribution is 5.85. The average Bonchev–Trinajstić information content (AvgIpc) is 3.46. The van der Waals surface area contributed by atoms with Crippen molar-refractivity contribution >= 4 is 0 Å². The van der Waals surface area contributed by atoms with Crippen LogP contribution in [0, 0.1) is 11.3 Å². The highest BCUT2D eigenvalue weighted by atomic mass is 14.9. The zero-order valence-electron chi connectivity index (χ0n) is 29.6. The van der Waals surface area contributed by atoms with E-state index in [4.69, 9.17) is 9.97 Å². The van der Waals surface area contributed by atoms with E-state index in [0.717, 1.165) is 44.8 Å². The number of rotatable bonds is 6. The summed E-state index contributed by atoms with van der Waals surface area (Å²) in [5, 5.41) is 9.52. The van der Waals surface area contributed by atoms with E-state index in [1.807, 2.05) is 36.4 Å². The van der Waals surface area contributed by atoms with Gasteiger partial charge >= 0.3 is 0 Å². The molecule has 1 heterocycles. The van der Waals surface area contributed by atoms with Crippen molar-refractivity contribution in [3.05, 3.63) is 193 Å². The molecule has 7 aromatic carbocycles. The second kappa shape index (κ2) is 13.0. The first kappa shape index (κ1) is 32.0. The maximum atomic E-state index is 9.52. The Hall–Kier alpha value is -6.89. The fraction of sp³-hybridized carbons (Fsp3) is 0.0600. The monoisotopic (exact) mass is 677 g/mol. The molecule has 0 saturated heterocycles. The van der Waals surface area contributed by atoms with Crippen molar-refractivity contribution in [3.8, 4) is 84.5 Å². The van der Waals surface area contributed by atoms with E-state index in [-0.39, 0.29) is 5.41 Å². The average molecular weight is 678 g/mol. The van der Waals surface area contributed by atoms with Gasteiger partial charge in [-0.25, -0.2) is 9.97 Å². The third-order valence-corrected chi connectivity index (χ3v) is 10.5. The van der Waals surface area contributed by atoms with Crippen molar-refractivity contribution in [1.82, 2.24) is 9.97 Å². The SMILES string of the molecule is CC1(C)c2ccc(-c3ccc(-c4cccc(-c5cc(-c6cccc(-c7ccccc7)c6)nc(-c6ccccc6)n5)c4)cc3)cc2-c2ccc(C#N)cc21. The quantitative estimate of drug-likeness (QED) is 0.176. The Morgan fingerprint density at radius 3 is 1.47 bits per heavy atom. The standard InChI is InChI=1S/C50H35N3/c1-50(2)45-26-24-40(30-44(45)43-25-19-33(32-51)27-46(43)50)36-22-20-35(21-23-36)39-16-10-18-42(29-39)48-31-47(52-49(53-48)37-13-7-4-8-14-37)41-17-9-15-38(28-41)34-11-5-3-6-12-34/h3-31H,1-2H3. The molecule has 53 heavy (non-hydrogen) atoms. The van der Waals surface area contributed by atoms with Gasteiger partial charge in [-0.05, 0) is 92.0 Å². The van der Waals surface area contributed by atoms with E-state index >= 15 is 0 Å². The molecule has 1 aliphatic carbocycles. The van der Waals surface area contributed by atoms with Crippen molar-refractivity contribution in [2.24, 2.45) is 0 Å². The first-order valence-corrected chi connectivity index (χ1v) is 18.0. The minimum absolute atomic E-state index is 0.149. The number of benzene rings is 7. The lowest BCUT2D eigenvalue weighted by Crippen LogP contribution is -2.15. The highest BCUT2D eigenvalue weighted by Gasteiger charge is 2.35. The molecule has 3 heteroatoms. The van der Waals surface area contributed by atoms with Crippen molar-refractivity contribution < 1.29 is 0 Å². The topological polar surface area (TPSA) is 49.6 Å². The van der Waals surface area contributed by atoms with Gasteiger partial charge in [-0.3, -0.25) is 0 Å². The van der Waals surface area contributed by atoms with E-state index < -0.39 is 0 Å². The Morgan fingerprint density at radius 2 is 0.887 bits per heavy atom. The third kappa shape index (κ3) is 5.91. The molecule has 250 valence electrons. The molecule has 3 nitrogen and oxygen atoms in total. The summed E-state index contributed by atoms with van der Waals surface area (Å²) in [7, 11) is 0. The Balaban J connectivity index is 1.06.